The number of amides is 2. The molecule has 0 aromatic carbocycles. The molecule has 1 rings (SSSR count). The molecule has 19 heavy (non-hydrogen) atoms. The molecule has 0 aromatic rings. The lowest BCUT2D eigenvalue weighted by Crippen LogP contribution is -2.47. The van der Waals surface area contributed by atoms with Gasteiger partial charge >= 0.3 is 0 Å². The number of carbonyl (C=O) groups excluding carboxylic acids is 2. The second-order valence-electron chi connectivity index (χ2n) is 5.93. The van der Waals surface area contributed by atoms with E-state index in [9.17, 15) is 9.59 Å². The molecule has 0 spiro atoms. The summed E-state index contributed by atoms with van der Waals surface area (Å²) in [4.78, 5) is 27.5. The third-order valence-corrected chi connectivity index (χ3v) is 4.08. The lowest BCUT2D eigenvalue weighted by Gasteiger charge is -2.33. The first kappa shape index (κ1) is 16.5. The van der Waals surface area contributed by atoms with Gasteiger partial charge in [-0.1, -0.05) is 35.2 Å². The Bertz CT molecular complexity index is 333. The van der Waals surface area contributed by atoms with Gasteiger partial charge in [-0.05, 0) is 26.7 Å². The van der Waals surface area contributed by atoms with Gasteiger partial charge in [-0.3, -0.25) is 9.59 Å². The van der Waals surface area contributed by atoms with E-state index in [4.69, 9.17) is 0 Å². The monoisotopic (exact) mass is 332 g/mol. The smallest absolute Gasteiger partial charge is 0.242 e. The lowest BCUT2D eigenvalue weighted by molar-refractivity contribution is -0.140. The van der Waals surface area contributed by atoms with Crippen LogP contribution in [0.15, 0.2) is 0 Å². The fraction of sp³-hybridized carbons (Fsp3) is 0.857. The van der Waals surface area contributed by atoms with Crippen molar-refractivity contribution in [2.75, 3.05) is 20.6 Å². The highest BCUT2D eigenvalue weighted by Crippen LogP contribution is 2.22. The number of rotatable bonds is 4. The van der Waals surface area contributed by atoms with Gasteiger partial charge in [0.05, 0.1) is 10.9 Å². The largest absolute Gasteiger partial charge is 0.341 e. The molecule has 5 heteroatoms. The number of hydrogen-bond acceptors (Lipinski definition) is 2. The van der Waals surface area contributed by atoms with Crippen molar-refractivity contribution < 1.29 is 9.59 Å². The van der Waals surface area contributed by atoms with Crippen LogP contribution in [0.25, 0.3) is 0 Å². The molecule has 0 bridgehead atoms. The minimum absolute atomic E-state index is 0.0273. The Labute approximate surface area is 124 Å². The molecule has 0 saturated heterocycles. The molecule has 1 aliphatic carbocycles. The topological polar surface area (TPSA) is 40.6 Å². The molecule has 0 heterocycles. The van der Waals surface area contributed by atoms with Crippen LogP contribution in [-0.4, -0.2) is 52.6 Å². The van der Waals surface area contributed by atoms with Crippen molar-refractivity contribution in [3.05, 3.63) is 0 Å². The van der Waals surface area contributed by atoms with Crippen LogP contribution < -0.4 is 0 Å². The van der Waals surface area contributed by atoms with Crippen LogP contribution >= 0.6 is 15.9 Å². The fourth-order valence-corrected chi connectivity index (χ4v) is 2.81. The van der Waals surface area contributed by atoms with Gasteiger partial charge in [0, 0.05) is 20.1 Å². The zero-order chi connectivity index (χ0) is 14.6. The summed E-state index contributed by atoms with van der Waals surface area (Å²) in [7, 11) is 3.54. The average Bonchev–Trinajstić information content (AvgIpc) is 2.36. The molecule has 1 saturated carbocycles. The molecular formula is C14H25BrN2O2. The summed E-state index contributed by atoms with van der Waals surface area (Å²) in [6.45, 7) is 3.74. The van der Waals surface area contributed by atoms with Crippen molar-refractivity contribution in [2.45, 2.75) is 56.3 Å². The Morgan fingerprint density at radius 3 is 2.16 bits per heavy atom. The standard InChI is InChI=1S/C14H25BrN2O2/c1-14(2,15)13(19)16(3)10-12(18)17(4)11-8-6-5-7-9-11/h11H,5-10H2,1-4H3. The molecular weight excluding hydrogens is 308 g/mol. The summed E-state index contributed by atoms with van der Waals surface area (Å²) in [5, 5.41) is 0. The van der Waals surface area contributed by atoms with Gasteiger partial charge in [0.15, 0.2) is 0 Å². The highest BCUT2D eigenvalue weighted by Gasteiger charge is 2.29. The zero-order valence-electron chi connectivity index (χ0n) is 12.4. The lowest BCUT2D eigenvalue weighted by atomic mass is 9.94. The van der Waals surface area contributed by atoms with Crippen LogP contribution in [0.3, 0.4) is 0 Å². The van der Waals surface area contributed by atoms with E-state index in [0.717, 1.165) is 12.8 Å². The molecule has 0 aromatic heterocycles. The summed E-state index contributed by atoms with van der Waals surface area (Å²) in [5.74, 6) is -0.0441. The van der Waals surface area contributed by atoms with E-state index < -0.39 is 4.32 Å². The van der Waals surface area contributed by atoms with Crippen LogP contribution in [0.4, 0.5) is 0 Å². The van der Waals surface area contributed by atoms with Gasteiger partial charge in [-0.15, -0.1) is 0 Å². The second kappa shape index (κ2) is 6.73. The first-order valence-electron chi connectivity index (χ1n) is 6.93. The first-order valence-corrected chi connectivity index (χ1v) is 7.73. The van der Waals surface area contributed by atoms with Gasteiger partial charge in [0.2, 0.25) is 11.8 Å². The number of likely N-dealkylation sites (N-methyl/N-ethyl adjacent to an activating group) is 2. The third kappa shape index (κ3) is 4.79. The number of alkyl halides is 1. The minimum Gasteiger partial charge on any atom is -0.341 e. The van der Waals surface area contributed by atoms with Crippen molar-refractivity contribution in [3.8, 4) is 0 Å². The normalized spacial score (nSPS) is 17.1. The highest BCUT2D eigenvalue weighted by molar-refractivity contribution is 9.10. The van der Waals surface area contributed by atoms with Gasteiger partial charge in [0.25, 0.3) is 0 Å². The van der Waals surface area contributed by atoms with E-state index in [-0.39, 0.29) is 18.4 Å². The first-order chi connectivity index (χ1) is 8.73. The predicted octanol–water partition coefficient (Wildman–Crippen LogP) is 2.41. The molecule has 0 atom stereocenters. The molecule has 0 radical (unpaired) electrons. The van der Waals surface area contributed by atoms with Crippen LogP contribution in [0.1, 0.15) is 46.0 Å². The molecule has 0 N–H and O–H groups in total. The molecule has 0 unspecified atom stereocenters. The minimum atomic E-state index is -0.620. The number of nitrogens with zero attached hydrogens (tertiary/aromatic N) is 2. The third-order valence-electron chi connectivity index (χ3n) is 3.74. The number of carbonyl (C=O) groups is 2. The molecule has 110 valence electrons. The van der Waals surface area contributed by atoms with Crippen LogP contribution in [-0.2, 0) is 9.59 Å². The maximum absolute atomic E-state index is 12.2. The predicted molar refractivity (Wildman–Crippen MR) is 80.3 cm³/mol. The van der Waals surface area contributed by atoms with E-state index >= 15 is 0 Å². The maximum atomic E-state index is 12.2. The van der Waals surface area contributed by atoms with Crippen molar-refractivity contribution >= 4 is 27.7 Å². The Morgan fingerprint density at radius 2 is 1.68 bits per heavy atom. The highest BCUT2D eigenvalue weighted by atomic mass is 79.9. The van der Waals surface area contributed by atoms with Crippen molar-refractivity contribution in [1.29, 1.82) is 0 Å². The van der Waals surface area contributed by atoms with E-state index in [1.54, 1.807) is 20.9 Å². The Kier molecular flexibility index (Phi) is 5.83. The Balaban J connectivity index is 2.51. The zero-order valence-corrected chi connectivity index (χ0v) is 14.0. The van der Waals surface area contributed by atoms with Crippen LogP contribution in [0.5, 0.6) is 0 Å². The summed E-state index contributed by atoms with van der Waals surface area (Å²) in [5.41, 5.74) is 0. The van der Waals surface area contributed by atoms with Gasteiger partial charge in [0.1, 0.15) is 0 Å². The van der Waals surface area contributed by atoms with E-state index in [0.29, 0.717) is 6.04 Å². The molecule has 4 nitrogen and oxygen atoms in total. The van der Waals surface area contributed by atoms with Crippen LogP contribution in [0, 0.1) is 0 Å². The average molecular weight is 333 g/mol. The number of halogens is 1. The van der Waals surface area contributed by atoms with E-state index in [2.05, 4.69) is 15.9 Å². The number of hydrogen-bond donors (Lipinski definition) is 0. The Morgan fingerprint density at radius 1 is 1.16 bits per heavy atom. The van der Waals surface area contributed by atoms with Gasteiger partial charge in [-0.25, -0.2) is 0 Å². The molecule has 0 aliphatic heterocycles. The fourth-order valence-electron chi connectivity index (χ4n) is 2.51. The molecule has 2 amide bonds. The summed E-state index contributed by atoms with van der Waals surface area (Å²) >= 11 is 3.33. The summed E-state index contributed by atoms with van der Waals surface area (Å²) in [6.07, 6.45) is 5.85. The van der Waals surface area contributed by atoms with Gasteiger partial charge < -0.3 is 9.80 Å². The van der Waals surface area contributed by atoms with E-state index in [1.807, 2.05) is 11.9 Å². The maximum Gasteiger partial charge on any atom is 0.242 e. The SMILES string of the molecule is CN(CC(=O)N(C)C1CCCCC1)C(=O)C(C)(C)Br. The van der Waals surface area contributed by atoms with Crippen molar-refractivity contribution in [2.24, 2.45) is 0 Å². The molecule has 1 fully saturated rings. The van der Waals surface area contributed by atoms with Crippen molar-refractivity contribution in [1.82, 2.24) is 9.80 Å². The summed E-state index contributed by atoms with van der Waals surface area (Å²) < 4.78 is -0.620. The van der Waals surface area contributed by atoms with Gasteiger partial charge in [-0.2, -0.15) is 0 Å². The summed E-state index contributed by atoms with van der Waals surface area (Å²) in [6, 6.07) is 0.349. The Hall–Kier alpha value is -0.580. The van der Waals surface area contributed by atoms with Crippen LogP contribution in [0.2, 0.25) is 0 Å². The van der Waals surface area contributed by atoms with Crippen molar-refractivity contribution in [3.63, 3.8) is 0 Å². The van der Waals surface area contributed by atoms with E-state index in [1.165, 1.54) is 24.2 Å². The second-order valence-corrected chi connectivity index (χ2v) is 7.91. The quantitative estimate of drug-likeness (QED) is 0.742. The molecule has 1 aliphatic rings.